The quantitative estimate of drug-likeness (QED) is 0.924. The molecule has 120 valence electrons. The Kier molecular flexibility index (Phi) is 4.98. The van der Waals surface area contributed by atoms with E-state index in [2.05, 4.69) is 46.3 Å². The van der Waals surface area contributed by atoms with Gasteiger partial charge in [0.1, 0.15) is 0 Å². The maximum Gasteiger partial charge on any atom is 0.222 e. The van der Waals surface area contributed by atoms with Gasteiger partial charge in [-0.15, -0.1) is 0 Å². The number of carbonyl (C=O) groups excluding carboxylic acids is 1. The summed E-state index contributed by atoms with van der Waals surface area (Å²) in [6.45, 7) is 7.94. The van der Waals surface area contributed by atoms with Crippen molar-refractivity contribution < 1.29 is 4.79 Å². The number of amides is 1. The molecule has 2 saturated heterocycles. The summed E-state index contributed by atoms with van der Waals surface area (Å²) in [7, 11) is 0. The highest BCUT2D eigenvalue weighted by atomic mass is 16.2. The number of carbonyl (C=O) groups is 1. The van der Waals surface area contributed by atoms with E-state index >= 15 is 0 Å². The summed E-state index contributed by atoms with van der Waals surface area (Å²) in [6, 6.07) is 8.63. The first-order chi connectivity index (χ1) is 10.7. The molecule has 22 heavy (non-hydrogen) atoms. The minimum absolute atomic E-state index is 0.343. The van der Waals surface area contributed by atoms with Crippen LogP contribution in [-0.4, -0.2) is 50.1 Å². The van der Waals surface area contributed by atoms with Crippen LogP contribution >= 0.6 is 0 Å². The van der Waals surface area contributed by atoms with Gasteiger partial charge in [-0.05, 0) is 56.5 Å². The highest BCUT2D eigenvalue weighted by molar-refractivity contribution is 5.76. The summed E-state index contributed by atoms with van der Waals surface area (Å²) in [4.78, 5) is 16.8. The normalized spacial score (nSPS) is 22.1. The van der Waals surface area contributed by atoms with Gasteiger partial charge in [-0.2, -0.15) is 0 Å². The Bertz CT molecular complexity index is 503. The van der Waals surface area contributed by atoms with E-state index in [9.17, 15) is 4.79 Å². The van der Waals surface area contributed by atoms with Crippen LogP contribution in [0, 0.1) is 12.8 Å². The average Bonchev–Trinajstić information content (AvgIpc) is 3.06. The summed E-state index contributed by atoms with van der Waals surface area (Å²) in [5.41, 5.74) is 2.57. The molecule has 1 atom stereocenters. The van der Waals surface area contributed by atoms with Gasteiger partial charge in [0.05, 0.1) is 0 Å². The molecule has 1 aromatic rings. The van der Waals surface area contributed by atoms with Crippen LogP contribution in [0.25, 0.3) is 0 Å². The zero-order valence-corrected chi connectivity index (χ0v) is 13.6. The van der Waals surface area contributed by atoms with E-state index < -0.39 is 0 Å². The second-order valence-electron chi connectivity index (χ2n) is 6.60. The molecule has 2 aliphatic heterocycles. The molecule has 4 nitrogen and oxygen atoms in total. The van der Waals surface area contributed by atoms with Crippen molar-refractivity contribution in [3.63, 3.8) is 0 Å². The Balaban J connectivity index is 1.45. The van der Waals surface area contributed by atoms with Crippen LogP contribution in [0.3, 0.4) is 0 Å². The smallest absolute Gasteiger partial charge is 0.222 e. The van der Waals surface area contributed by atoms with Gasteiger partial charge in [-0.25, -0.2) is 0 Å². The SMILES string of the molecule is Cc1cccc(N2CCN(C(=O)CCC3CCNC3)CC2)c1. The van der Waals surface area contributed by atoms with Gasteiger partial charge >= 0.3 is 0 Å². The van der Waals surface area contributed by atoms with Crippen molar-refractivity contribution in [1.29, 1.82) is 0 Å². The van der Waals surface area contributed by atoms with Crippen LogP contribution in [0.1, 0.15) is 24.8 Å². The molecule has 0 bridgehead atoms. The van der Waals surface area contributed by atoms with Gasteiger partial charge in [0.2, 0.25) is 5.91 Å². The van der Waals surface area contributed by atoms with Crippen molar-refractivity contribution >= 4 is 11.6 Å². The predicted molar refractivity (Wildman–Crippen MR) is 90.2 cm³/mol. The maximum absolute atomic E-state index is 12.3. The highest BCUT2D eigenvalue weighted by Crippen LogP contribution is 2.19. The fraction of sp³-hybridized carbons (Fsp3) is 0.611. The lowest BCUT2D eigenvalue weighted by Gasteiger charge is -2.36. The molecule has 2 fully saturated rings. The maximum atomic E-state index is 12.3. The van der Waals surface area contributed by atoms with Crippen LogP contribution in [0.2, 0.25) is 0 Å². The van der Waals surface area contributed by atoms with E-state index in [0.29, 0.717) is 11.8 Å². The molecular weight excluding hydrogens is 274 g/mol. The molecule has 0 radical (unpaired) electrons. The van der Waals surface area contributed by atoms with Gasteiger partial charge < -0.3 is 15.1 Å². The van der Waals surface area contributed by atoms with Crippen LogP contribution < -0.4 is 10.2 Å². The van der Waals surface area contributed by atoms with E-state index in [-0.39, 0.29) is 0 Å². The van der Waals surface area contributed by atoms with Crippen LogP contribution in [0.4, 0.5) is 5.69 Å². The second-order valence-corrected chi connectivity index (χ2v) is 6.60. The molecule has 1 unspecified atom stereocenters. The molecule has 1 aromatic carbocycles. The molecule has 2 heterocycles. The zero-order valence-electron chi connectivity index (χ0n) is 13.6. The fourth-order valence-electron chi connectivity index (χ4n) is 3.49. The third-order valence-electron chi connectivity index (χ3n) is 4.93. The third kappa shape index (κ3) is 3.80. The lowest BCUT2D eigenvalue weighted by Crippen LogP contribution is -2.48. The molecule has 0 spiro atoms. The van der Waals surface area contributed by atoms with E-state index in [4.69, 9.17) is 0 Å². The molecule has 0 aliphatic carbocycles. The van der Waals surface area contributed by atoms with Crippen molar-refractivity contribution in [2.24, 2.45) is 5.92 Å². The lowest BCUT2D eigenvalue weighted by molar-refractivity contribution is -0.131. The van der Waals surface area contributed by atoms with Gasteiger partial charge in [-0.1, -0.05) is 12.1 Å². The zero-order chi connectivity index (χ0) is 15.4. The van der Waals surface area contributed by atoms with E-state index in [1.54, 1.807) is 0 Å². The molecule has 4 heteroatoms. The Labute approximate surface area is 133 Å². The first-order valence-corrected chi connectivity index (χ1v) is 8.52. The van der Waals surface area contributed by atoms with Crippen molar-refractivity contribution in [2.45, 2.75) is 26.2 Å². The molecule has 0 aromatic heterocycles. The Morgan fingerprint density at radius 1 is 1.27 bits per heavy atom. The average molecular weight is 301 g/mol. The summed E-state index contributed by atoms with van der Waals surface area (Å²) >= 11 is 0. The van der Waals surface area contributed by atoms with E-state index in [0.717, 1.165) is 52.1 Å². The minimum Gasteiger partial charge on any atom is -0.368 e. The molecule has 0 saturated carbocycles. The van der Waals surface area contributed by atoms with Crippen molar-refractivity contribution in [1.82, 2.24) is 10.2 Å². The Morgan fingerprint density at radius 3 is 2.77 bits per heavy atom. The summed E-state index contributed by atoms with van der Waals surface area (Å²) < 4.78 is 0. The van der Waals surface area contributed by atoms with Crippen molar-refractivity contribution in [3.8, 4) is 0 Å². The monoisotopic (exact) mass is 301 g/mol. The molecular formula is C18H27N3O. The number of benzene rings is 1. The van der Waals surface area contributed by atoms with E-state index in [1.165, 1.54) is 17.7 Å². The summed E-state index contributed by atoms with van der Waals surface area (Å²) in [6.07, 6.45) is 3.00. The minimum atomic E-state index is 0.343. The van der Waals surface area contributed by atoms with Crippen molar-refractivity contribution in [3.05, 3.63) is 29.8 Å². The van der Waals surface area contributed by atoms with Gasteiger partial charge in [0.25, 0.3) is 0 Å². The predicted octanol–water partition coefficient (Wildman–Crippen LogP) is 2.03. The topological polar surface area (TPSA) is 35.6 Å². The largest absolute Gasteiger partial charge is 0.368 e. The van der Waals surface area contributed by atoms with Crippen LogP contribution in [0.15, 0.2) is 24.3 Å². The number of nitrogens with zero attached hydrogens (tertiary/aromatic N) is 2. The fourth-order valence-corrected chi connectivity index (χ4v) is 3.49. The number of rotatable bonds is 4. The van der Waals surface area contributed by atoms with Gasteiger partial charge in [0, 0.05) is 38.3 Å². The third-order valence-corrected chi connectivity index (χ3v) is 4.93. The van der Waals surface area contributed by atoms with Crippen LogP contribution in [-0.2, 0) is 4.79 Å². The Hall–Kier alpha value is -1.55. The standard InChI is InChI=1S/C18H27N3O/c1-15-3-2-4-17(13-15)20-9-11-21(12-10-20)18(22)6-5-16-7-8-19-14-16/h2-4,13,16,19H,5-12,14H2,1H3. The molecule has 2 aliphatic rings. The molecule has 3 rings (SSSR count). The lowest BCUT2D eigenvalue weighted by atomic mass is 10.0. The summed E-state index contributed by atoms with van der Waals surface area (Å²) in [5.74, 6) is 1.05. The number of piperazine rings is 1. The number of hydrogen-bond acceptors (Lipinski definition) is 3. The Morgan fingerprint density at radius 2 is 2.09 bits per heavy atom. The number of hydrogen-bond donors (Lipinski definition) is 1. The van der Waals surface area contributed by atoms with Crippen LogP contribution in [0.5, 0.6) is 0 Å². The molecule has 1 amide bonds. The number of nitrogens with one attached hydrogen (secondary N) is 1. The first kappa shape index (κ1) is 15.3. The second kappa shape index (κ2) is 7.14. The first-order valence-electron chi connectivity index (χ1n) is 8.52. The number of anilines is 1. The van der Waals surface area contributed by atoms with E-state index in [1.807, 2.05) is 0 Å². The number of aryl methyl sites for hydroxylation is 1. The van der Waals surface area contributed by atoms with Crippen molar-refractivity contribution in [2.75, 3.05) is 44.2 Å². The van der Waals surface area contributed by atoms with Gasteiger partial charge in [-0.3, -0.25) is 4.79 Å². The summed E-state index contributed by atoms with van der Waals surface area (Å²) in [5, 5.41) is 3.37. The highest BCUT2D eigenvalue weighted by Gasteiger charge is 2.22. The van der Waals surface area contributed by atoms with Gasteiger partial charge in [0.15, 0.2) is 0 Å². The molecule has 1 N–H and O–H groups in total.